The van der Waals surface area contributed by atoms with Crippen LogP contribution in [-0.2, 0) is 6.54 Å². The van der Waals surface area contributed by atoms with Crippen LogP contribution in [0.1, 0.15) is 57.2 Å². The molecule has 1 aromatic heterocycles. The summed E-state index contributed by atoms with van der Waals surface area (Å²) in [4.78, 5) is 7.02. The van der Waals surface area contributed by atoms with E-state index in [2.05, 4.69) is 34.2 Å². The molecule has 2 fully saturated rings. The third-order valence-electron chi connectivity index (χ3n) is 4.00. The Kier molecular flexibility index (Phi) is 3.84. The molecule has 2 aliphatic rings. The summed E-state index contributed by atoms with van der Waals surface area (Å²) in [5.74, 6) is 1.91. The van der Waals surface area contributed by atoms with Crippen LogP contribution in [0.15, 0.2) is 4.52 Å². The van der Waals surface area contributed by atoms with Crippen LogP contribution in [0.5, 0.6) is 0 Å². The smallest absolute Gasteiger partial charge is 0.229 e. The highest BCUT2D eigenvalue weighted by Crippen LogP contribution is 2.29. The number of rotatable bonds is 6. The molecule has 0 aromatic carbocycles. The van der Waals surface area contributed by atoms with E-state index in [-0.39, 0.29) is 0 Å². The van der Waals surface area contributed by atoms with Crippen molar-refractivity contribution >= 4 is 0 Å². The van der Waals surface area contributed by atoms with Crippen molar-refractivity contribution in [2.45, 2.75) is 64.1 Å². The molecule has 5 heteroatoms. The maximum Gasteiger partial charge on any atom is 0.229 e. The normalized spacial score (nSPS) is 23.7. The van der Waals surface area contributed by atoms with Crippen molar-refractivity contribution in [3.63, 3.8) is 0 Å². The van der Waals surface area contributed by atoms with E-state index in [4.69, 9.17) is 4.52 Å². The summed E-state index contributed by atoms with van der Waals surface area (Å²) in [6.45, 7) is 7.29. The molecule has 0 radical (unpaired) electrons. The summed E-state index contributed by atoms with van der Waals surface area (Å²) in [6.07, 6.45) is 5.25. The van der Waals surface area contributed by atoms with Gasteiger partial charge in [0.2, 0.25) is 5.89 Å². The highest BCUT2D eigenvalue weighted by atomic mass is 16.5. The maximum absolute atomic E-state index is 5.29. The van der Waals surface area contributed by atoms with Crippen LogP contribution in [0.2, 0.25) is 0 Å². The number of aromatic nitrogens is 2. The molecular formula is C14H24N4O. The van der Waals surface area contributed by atoms with Gasteiger partial charge in [-0.25, -0.2) is 0 Å². The van der Waals surface area contributed by atoms with Gasteiger partial charge >= 0.3 is 0 Å². The van der Waals surface area contributed by atoms with Crippen molar-refractivity contribution in [2.24, 2.45) is 0 Å². The molecule has 0 amide bonds. The Hall–Kier alpha value is -0.940. The number of hydrogen-bond donors (Lipinski definition) is 1. The number of nitrogens with one attached hydrogen (secondary N) is 1. The zero-order chi connectivity index (χ0) is 13.2. The second-order valence-corrected chi connectivity index (χ2v) is 6.16. The molecule has 1 aliphatic heterocycles. The molecule has 3 rings (SSSR count). The van der Waals surface area contributed by atoms with Crippen molar-refractivity contribution in [3.8, 4) is 0 Å². The predicted octanol–water partition coefficient (Wildman–Crippen LogP) is 1.91. The summed E-state index contributed by atoms with van der Waals surface area (Å²) in [7, 11) is 0. The molecule has 1 unspecified atom stereocenters. The lowest BCUT2D eigenvalue weighted by Crippen LogP contribution is -2.38. The van der Waals surface area contributed by atoms with Crippen molar-refractivity contribution in [3.05, 3.63) is 11.7 Å². The Morgan fingerprint density at radius 3 is 2.79 bits per heavy atom. The largest absolute Gasteiger partial charge is 0.339 e. The first-order valence-corrected chi connectivity index (χ1v) is 7.52. The van der Waals surface area contributed by atoms with Crippen molar-refractivity contribution < 1.29 is 4.52 Å². The number of hydrogen-bond acceptors (Lipinski definition) is 5. The summed E-state index contributed by atoms with van der Waals surface area (Å²) >= 11 is 0. The van der Waals surface area contributed by atoms with Gasteiger partial charge in [0.25, 0.3) is 0 Å². The third-order valence-corrected chi connectivity index (χ3v) is 4.00. The summed E-state index contributed by atoms with van der Waals surface area (Å²) in [5, 5.41) is 7.69. The van der Waals surface area contributed by atoms with E-state index < -0.39 is 0 Å². The van der Waals surface area contributed by atoms with Gasteiger partial charge in [0, 0.05) is 24.5 Å². The van der Waals surface area contributed by atoms with Gasteiger partial charge < -0.3 is 9.84 Å². The van der Waals surface area contributed by atoms with Gasteiger partial charge in [-0.2, -0.15) is 4.98 Å². The van der Waals surface area contributed by atoms with E-state index in [9.17, 15) is 0 Å². The van der Waals surface area contributed by atoms with Crippen LogP contribution in [0.4, 0.5) is 0 Å². The van der Waals surface area contributed by atoms with Gasteiger partial charge in [-0.15, -0.1) is 0 Å². The zero-order valence-electron chi connectivity index (χ0n) is 11.9. The average Bonchev–Trinajstić information content (AvgIpc) is 2.90. The van der Waals surface area contributed by atoms with Gasteiger partial charge in [-0.3, -0.25) is 4.90 Å². The third kappa shape index (κ3) is 3.34. The Balaban J connectivity index is 1.60. The minimum Gasteiger partial charge on any atom is -0.339 e. The first-order valence-electron chi connectivity index (χ1n) is 7.52. The minimum absolute atomic E-state index is 0.312. The van der Waals surface area contributed by atoms with Crippen LogP contribution in [0.3, 0.4) is 0 Å². The lowest BCUT2D eigenvalue weighted by Gasteiger charge is -2.24. The predicted molar refractivity (Wildman–Crippen MR) is 72.8 cm³/mol. The van der Waals surface area contributed by atoms with Gasteiger partial charge in [-0.05, 0) is 32.2 Å². The maximum atomic E-state index is 5.29. The Morgan fingerprint density at radius 1 is 1.37 bits per heavy atom. The van der Waals surface area contributed by atoms with E-state index >= 15 is 0 Å². The van der Waals surface area contributed by atoms with Crippen LogP contribution < -0.4 is 5.32 Å². The van der Waals surface area contributed by atoms with E-state index in [0.29, 0.717) is 12.0 Å². The van der Waals surface area contributed by atoms with Crippen LogP contribution in [0, 0.1) is 0 Å². The molecule has 1 saturated carbocycles. The highest BCUT2D eigenvalue weighted by molar-refractivity contribution is 4.95. The fourth-order valence-corrected chi connectivity index (χ4v) is 2.73. The second-order valence-electron chi connectivity index (χ2n) is 6.16. The quantitative estimate of drug-likeness (QED) is 0.850. The highest BCUT2D eigenvalue weighted by Gasteiger charge is 2.32. The van der Waals surface area contributed by atoms with Crippen LogP contribution in [-0.4, -0.2) is 40.2 Å². The topological polar surface area (TPSA) is 54.2 Å². The fourth-order valence-electron chi connectivity index (χ4n) is 2.73. The lowest BCUT2D eigenvalue weighted by atomic mass is 10.2. The Morgan fingerprint density at radius 2 is 2.21 bits per heavy atom. The zero-order valence-corrected chi connectivity index (χ0v) is 11.9. The average molecular weight is 264 g/mol. The Labute approximate surface area is 114 Å². The van der Waals surface area contributed by atoms with Crippen molar-refractivity contribution in [1.82, 2.24) is 20.4 Å². The molecule has 106 valence electrons. The summed E-state index contributed by atoms with van der Waals surface area (Å²) < 4.78 is 5.29. The monoisotopic (exact) mass is 264 g/mol. The molecule has 1 N–H and O–H groups in total. The lowest BCUT2D eigenvalue weighted by molar-refractivity contribution is 0.222. The van der Waals surface area contributed by atoms with Crippen LogP contribution in [0.25, 0.3) is 0 Å². The summed E-state index contributed by atoms with van der Waals surface area (Å²) in [5.41, 5.74) is 0. The van der Waals surface area contributed by atoms with Gasteiger partial charge in [-0.1, -0.05) is 19.0 Å². The molecule has 0 bridgehead atoms. The van der Waals surface area contributed by atoms with Crippen LogP contribution >= 0.6 is 0 Å². The number of nitrogens with zero attached hydrogens (tertiary/aromatic N) is 3. The molecule has 2 heterocycles. The second kappa shape index (κ2) is 5.59. The first kappa shape index (κ1) is 13.1. The van der Waals surface area contributed by atoms with Crippen molar-refractivity contribution in [1.29, 1.82) is 0 Å². The Bertz CT molecular complexity index is 407. The van der Waals surface area contributed by atoms with Gasteiger partial charge in [0.05, 0.1) is 6.54 Å². The molecule has 1 aromatic rings. The van der Waals surface area contributed by atoms with E-state index in [1.807, 2.05) is 0 Å². The SMILES string of the molecule is CC(C)c1nc(CN(CC2CCCN2)C2CC2)no1. The van der Waals surface area contributed by atoms with Gasteiger partial charge in [0.15, 0.2) is 5.82 Å². The molecule has 1 saturated heterocycles. The standard InChI is InChI=1S/C14H24N4O/c1-10(2)14-16-13(17-19-14)9-18(12-5-6-12)8-11-4-3-7-15-11/h10-12,15H,3-9H2,1-2H3. The molecule has 1 aliphatic carbocycles. The van der Waals surface area contributed by atoms with Crippen molar-refractivity contribution in [2.75, 3.05) is 13.1 Å². The van der Waals surface area contributed by atoms with E-state index in [1.165, 1.54) is 32.2 Å². The molecule has 5 nitrogen and oxygen atoms in total. The van der Waals surface area contributed by atoms with E-state index in [0.717, 1.165) is 30.8 Å². The summed E-state index contributed by atoms with van der Waals surface area (Å²) in [6, 6.07) is 1.39. The molecule has 1 atom stereocenters. The molecule has 19 heavy (non-hydrogen) atoms. The fraction of sp³-hybridized carbons (Fsp3) is 0.857. The minimum atomic E-state index is 0.312. The first-order chi connectivity index (χ1) is 9.22. The molecular weight excluding hydrogens is 240 g/mol. The van der Waals surface area contributed by atoms with E-state index in [1.54, 1.807) is 0 Å². The molecule has 0 spiro atoms. The van der Waals surface area contributed by atoms with Gasteiger partial charge in [0.1, 0.15) is 0 Å².